The van der Waals surface area contributed by atoms with Gasteiger partial charge in [-0.1, -0.05) is 11.6 Å². The first-order valence-electron chi connectivity index (χ1n) is 6.00. The van der Waals surface area contributed by atoms with Crippen LogP contribution in [0.15, 0.2) is 18.5 Å². The Bertz CT molecular complexity index is 519. The van der Waals surface area contributed by atoms with E-state index in [0.29, 0.717) is 17.2 Å². The molecule has 0 bridgehead atoms. The second kappa shape index (κ2) is 5.55. The van der Waals surface area contributed by atoms with Crippen molar-refractivity contribution in [2.75, 3.05) is 11.5 Å². The molecule has 1 aromatic heterocycles. The molecule has 2 rings (SSSR count). The summed E-state index contributed by atoms with van der Waals surface area (Å²) in [5.74, 6) is 0.788. The summed E-state index contributed by atoms with van der Waals surface area (Å²) < 4.78 is 22.7. The predicted molar refractivity (Wildman–Crippen MR) is 72.3 cm³/mol. The van der Waals surface area contributed by atoms with E-state index in [0.717, 1.165) is 18.4 Å². The second-order valence-corrected chi connectivity index (χ2v) is 7.57. The maximum absolute atomic E-state index is 11.4. The maximum atomic E-state index is 11.4. The third kappa shape index (κ3) is 3.67. The molecule has 1 aliphatic rings. The second-order valence-electron chi connectivity index (χ2n) is 4.94. The third-order valence-corrected chi connectivity index (χ3v) is 5.48. The molecule has 2 N–H and O–H groups in total. The van der Waals surface area contributed by atoms with Crippen LogP contribution in [0.1, 0.15) is 18.4 Å². The van der Waals surface area contributed by atoms with E-state index in [2.05, 4.69) is 4.98 Å². The van der Waals surface area contributed by atoms with Crippen LogP contribution in [-0.4, -0.2) is 30.9 Å². The first kappa shape index (κ1) is 13.8. The Morgan fingerprint density at radius 1 is 1.56 bits per heavy atom. The molecule has 1 saturated heterocycles. The first-order valence-corrected chi connectivity index (χ1v) is 8.20. The number of halogens is 1. The summed E-state index contributed by atoms with van der Waals surface area (Å²) in [6.07, 6.45) is 5.42. The lowest BCUT2D eigenvalue weighted by Crippen LogP contribution is -2.26. The van der Waals surface area contributed by atoms with E-state index in [1.165, 1.54) is 0 Å². The van der Waals surface area contributed by atoms with Gasteiger partial charge in [-0.3, -0.25) is 4.98 Å². The Morgan fingerprint density at radius 2 is 2.33 bits per heavy atom. The van der Waals surface area contributed by atoms with E-state index in [-0.39, 0.29) is 17.7 Å². The third-order valence-electron chi connectivity index (χ3n) is 3.30. The number of pyridine rings is 1. The van der Waals surface area contributed by atoms with Gasteiger partial charge in [-0.05, 0) is 36.8 Å². The van der Waals surface area contributed by atoms with Crippen LogP contribution in [0.5, 0.6) is 0 Å². The molecule has 2 atom stereocenters. The van der Waals surface area contributed by atoms with Gasteiger partial charge in [0.05, 0.1) is 16.5 Å². The average molecular weight is 289 g/mol. The van der Waals surface area contributed by atoms with Crippen LogP contribution in [0.2, 0.25) is 5.02 Å². The quantitative estimate of drug-likeness (QED) is 0.910. The number of nitrogens with zero attached hydrogens (tertiary/aromatic N) is 1. The van der Waals surface area contributed by atoms with E-state index in [4.69, 9.17) is 17.3 Å². The Labute approximate surface area is 112 Å². The van der Waals surface area contributed by atoms with Crippen LogP contribution in [0.4, 0.5) is 0 Å². The molecule has 1 fully saturated rings. The molecular formula is C12H17ClN2O2S. The largest absolute Gasteiger partial charge is 0.327 e. The Morgan fingerprint density at radius 3 is 2.94 bits per heavy atom. The molecule has 18 heavy (non-hydrogen) atoms. The van der Waals surface area contributed by atoms with Gasteiger partial charge < -0.3 is 5.73 Å². The predicted octanol–water partition coefficient (Wildman–Crippen LogP) is 1.43. The van der Waals surface area contributed by atoms with Gasteiger partial charge in [-0.25, -0.2) is 8.42 Å². The van der Waals surface area contributed by atoms with Crippen LogP contribution < -0.4 is 5.73 Å². The van der Waals surface area contributed by atoms with Crippen LogP contribution in [0.3, 0.4) is 0 Å². The van der Waals surface area contributed by atoms with Gasteiger partial charge in [0.1, 0.15) is 0 Å². The lowest BCUT2D eigenvalue weighted by Gasteiger charge is -2.16. The monoisotopic (exact) mass is 288 g/mol. The van der Waals surface area contributed by atoms with Crippen molar-refractivity contribution in [3.8, 4) is 0 Å². The van der Waals surface area contributed by atoms with Crippen molar-refractivity contribution in [2.24, 2.45) is 11.7 Å². The fraction of sp³-hybridized carbons (Fsp3) is 0.583. The van der Waals surface area contributed by atoms with Crippen LogP contribution in [-0.2, 0) is 16.3 Å². The number of hydrogen-bond acceptors (Lipinski definition) is 4. The summed E-state index contributed by atoms with van der Waals surface area (Å²) in [7, 11) is -2.81. The SMILES string of the molecule is NC(Cc1ccncc1Cl)CC1CCS(=O)(=O)C1. The molecule has 4 nitrogen and oxygen atoms in total. The van der Waals surface area contributed by atoms with Crippen molar-refractivity contribution in [3.63, 3.8) is 0 Å². The molecule has 0 radical (unpaired) electrons. The summed E-state index contributed by atoms with van der Waals surface area (Å²) in [6.45, 7) is 0. The topological polar surface area (TPSA) is 73.0 Å². The molecule has 0 aliphatic carbocycles. The summed E-state index contributed by atoms with van der Waals surface area (Å²) in [5, 5.41) is 0.618. The van der Waals surface area contributed by atoms with Gasteiger partial charge in [0.2, 0.25) is 0 Å². The van der Waals surface area contributed by atoms with Crippen molar-refractivity contribution in [3.05, 3.63) is 29.0 Å². The molecule has 0 spiro atoms. The summed E-state index contributed by atoms with van der Waals surface area (Å²) >= 11 is 6.02. The molecule has 6 heteroatoms. The standard InChI is InChI=1S/C12H17ClN2O2S/c13-12-7-15-3-1-10(12)6-11(14)5-9-2-4-18(16,17)8-9/h1,3,7,9,11H,2,4-6,8,14H2. The fourth-order valence-electron chi connectivity index (χ4n) is 2.42. The number of nitrogens with two attached hydrogens (primary N) is 1. The molecular weight excluding hydrogens is 272 g/mol. The van der Waals surface area contributed by atoms with Gasteiger partial charge >= 0.3 is 0 Å². The molecule has 0 amide bonds. The summed E-state index contributed by atoms with van der Waals surface area (Å²) in [4.78, 5) is 3.92. The Kier molecular flexibility index (Phi) is 4.25. The minimum Gasteiger partial charge on any atom is -0.327 e. The molecule has 0 saturated carbocycles. The van der Waals surface area contributed by atoms with E-state index < -0.39 is 9.84 Å². The van der Waals surface area contributed by atoms with Crippen molar-refractivity contribution < 1.29 is 8.42 Å². The highest BCUT2D eigenvalue weighted by Gasteiger charge is 2.29. The normalized spacial score (nSPS) is 24.0. The van der Waals surface area contributed by atoms with E-state index in [1.54, 1.807) is 12.4 Å². The van der Waals surface area contributed by atoms with Gasteiger partial charge in [0.15, 0.2) is 9.84 Å². The minimum absolute atomic E-state index is 0.0526. The highest BCUT2D eigenvalue weighted by atomic mass is 35.5. The van der Waals surface area contributed by atoms with Crippen molar-refractivity contribution in [1.29, 1.82) is 0 Å². The van der Waals surface area contributed by atoms with Gasteiger partial charge in [-0.15, -0.1) is 0 Å². The highest BCUT2D eigenvalue weighted by molar-refractivity contribution is 7.91. The summed E-state index contributed by atoms with van der Waals surface area (Å²) in [5.41, 5.74) is 7.04. The van der Waals surface area contributed by atoms with Gasteiger partial charge in [0, 0.05) is 18.4 Å². The van der Waals surface area contributed by atoms with E-state index in [9.17, 15) is 8.42 Å². The molecule has 100 valence electrons. The first-order chi connectivity index (χ1) is 8.46. The smallest absolute Gasteiger partial charge is 0.150 e. The minimum atomic E-state index is -2.81. The van der Waals surface area contributed by atoms with Gasteiger partial charge in [0.25, 0.3) is 0 Å². The fourth-order valence-corrected chi connectivity index (χ4v) is 4.50. The zero-order valence-corrected chi connectivity index (χ0v) is 11.6. The summed E-state index contributed by atoms with van der Waals surface area (Å²) in [6, 6.07) is 1.80. The molecule has 0 aromatic carbocycles. The average Bonchev–Trinajstić information content (AvgIpc) is 2.61. The van der Waals surface area contributed by atoms with E-state index in [1.807, 2.05) is 6.07 Å². The number of hydrogen-bond donors (Lipinski definition) is 1. The Balaban J connectivity index is 1.90. The number of sulfone groups is 1. The molecule has 1 aromatic rings. The zero-order valence-electron chi connectivity index (χ0n) is 10.0. The maximum Gasteiger partial charge on any atom is 0.150 e. The van der Waals surface area contributed by atoms with Crippen molar-refractivity contribution >= 4 is 21.4 Å². The van der Waals surface area contributed by atoms with E-state index >= 15 is 0 Å². The lowest BCUT2D eigenvalue weighted by atomic mass is 9.96. The van der Waals surface area contributed by atoms with Crippen LogP contribution in [0.25, 0.3) is 0 Å². The van der Waals surface area contributed by atoms with Gasteiger partial charge in [-0.2, -0.15) is 0 Å². The highest BCUT2D eigenvalue weighted by Crippen LogP contribution is 2.24. The number of aromatic nitrogens is 1. The lowest BCUT2D eigenvalue weighted by molar-refractivity contribution is 0.468. The van der Waals surface area contributed by atoms with Crippen LogP contribution >= 0.6 is 11.6 Å². The molecule has 2 unspecified atom stereocenters. The van der Waals surface area contributed by atoms with Crippen LogP contribution in [0, 0.1) is 5.92 Å². The molecule has 1 aliphatic heterocycles. The van der Waals surface area contributed by atoms with Crippen molar-refractivity contribution in [1.82, 2.24) is 4.98 Å². The zero-order chi connectivity index (χ0) is 13.2. The number of rotatable bonds is 4. The molecule has 2 heterocycles. The Hall–Kier alpha value is -0.650. The van der Waals surface area contributed by atoms with Crippen molar-refractivity contribution in [2.45, 2.75) is 25.3 Å².